The first-order valence-electron chi connectivity index (χ1n) is 16.3. The lowest BCUT2D eigenvalue weighted by atomic mass is 9.81. The Morgan fingerprint density at radius 2 is 0.978 bits per heavy atom. The van der Waals surface area contributed by atoms with Gasteiger partial charge in [-0.15, -0.1) is 0 Å². The molecule has 222 valence electrons. The van der Waals surface area contributed by atoms with Gasteiger partial charge in [0.25, 0.3) is 0 Å². The monoisotopic (exact) mass is 591 g/mol. The molecule has 6 aromatic rings. The Kier molecular flexibility index (Phi) is 7.03. The maximum atomic E-state index is 2.42. The number of anilines is 3. The van der Waals surface area contributed by atoms with Crippen LogP contribution < -0.4 is 4.90 Å². The topological polar surface area (TPSA) is 3.24 Å². The highest BCUT2D eigenvalue weighted by Crippen LogP contribution is 2.51. The zero-order valence-electron chi connectivity index (χ0n) is 26.4. The highest BCUT2D eigenvalue weighted by Gasteiger charge is 2.36. The quantitative estimate of drug-likeness (QED) is 0.186. The van der Waals surface area contributed by atoms with Crippen molar-refractivity contribution in [2.45, 2.75) is 32.1 Å². The summed E-state index contributed by atoms with van der Waals surface area (Å²) in [6.45, 7) is 4.74. The molecule has 2 aliphatic rings. The van der Waals surface area contributed by atoms with Gasteiger partial charge in [-0.25, -0.2) is 0 Å². The summed E-state index contributed by atoms with van der Waals surface area (Å²) < 4.78 is 0. The fourth-order valence-corrected chi connectivity index (χ4v) is 7.22. The van der Waals surface area contributed by atoms with E-state index in [1.807, 2.05) is 0 Å². The van der Waals surface area contributed by atoms with Crippen molar-refractivity contribution in [3.8, 4) is 33.4 Å². The van der Waals surface area contributed by atoms with Crippen LogP contribution in [0, 0.1) is 0 Å². The van der Waals surface area contributed by atoms with E-state index in [0.717, 1.165) is 24.2 Å². The van der Waals surface area contributed by atoms with Gasteiger partial charge in [-0.2, -0.15) is 0 Å². The molecule has 8 rings (SSSR count). The van der Waals surface area contributed by atoms with Crippen LogP contribution in [0.1, 0.15) is 43.4 Å². The highest BCUT2D eigenvalue weighted by atomic mass is 15.1. The predicted octanol–water partition coefficient (Wildman–Crippen LogP) is 12.5. The van der Waals surface area contributed by atoms with Crippen LogP contribution in [0.25, 0.3) is 39.0 Å². The van der Waals surface area contributed by atoms with Gasteiger partial charge in [0.15, 0.2) is 0 Å². The molecule has 0 fully saturated rings. The highest BCUT2D eigenvalue weighted by molar-refractivity contribution is 5.87. The van der Waals surface area contributed by atoms with Gasteiger partial charge in [0, 0.05) is 22.5 Å². The molecule has 0 saturated carbocycles. The third-order valence-electron chi connectivity index (χ3n) is 9.77. The third-order valence-corrected chi connectivity index (χ3v) is 9.77. The van der Waals surface area contributed by atoms with E-state index in [2.05, 4.69) is 183 Å². The second kappa shape index (κ2) is 11.5. The van der Waals surface area contributed by atoms with Crippen LogP contribution in [0.15, 0.2) is 164 Å². The van der Waals surface area contributed by atoms with E-state index in [4.69, 9.17) is 0 Å². The molecular formula is C45H37N. The van der Waals surface area contributed by atoms with E-state index in [-0.39, 0.29) is 5.41 Å². The van der Waals surface area contributed by atoms with Crippen LogP contribution in [0.3, 0.4) is 0 Å². The van der Waals surface area contributed by atoms with Crippen molar-refractivity contribution in [1.82, 2.24) is 0 Å². The van der Waals surface area contributed by atoms with Crippen LogP contribution in [0.5, 0.6) is 0 Å². The Morgan fingerprint density at radius 3 is 1.59 bits per heavy atom. The predicted molar refractivity (Wildman–Crippen MR) is 196 cm³/mol. The van der Waals surface area contributed by atoms with E-state index in [1.54, 1.807) is 0 Å². The fourth-order valence-electron chi connectivity index (χ4n) is 7.22. The zero-order valence-corrected chi connectivity index (χ0v) is 26.4. The summed E-state index contributed by atoms with van der Waals surface area (Å²) >= 11 is 0. The second-order valence-electron chi connectivity index (χ2n) is 12.9. The van der Waals surface area contributed by atoms with Crippen molar-refractivity contribution in [1.29, 1.82) is 0 Å². The average Bonchev–Trinajstić information content (AvgIpc) is 3.35. The summed E-state index contributed by atoms with van der Waals surface area (Å²) in [7, 11) is 0. The summed E-state index contributed by atoms with van der Waals surface area (Å²) in [6, 6.07) is 53.5. The Hall–Kier alpha value is -5.40. The summed E-state index contributed by atoms with van der Waals surface area (Å²) in [6.07, 6.45) is 8.87. The van der Waals surface area contributed by atoms with Crippen molar-refractivity contribution >= 4 is 22.6 Å². The summed E-state index contributed by atoms with van der Waals surface area (Å²) in [5.41, 5.74) is 16.4. The van der Waals surface area contributed by atoms with Gasteiger partial charge in [-0.1, -0.05) is 135 Å². The largest absolute Gasteiger partial charge is 0.310 e. The van der Waals surface area contributed by atoms with Crippen molar-refractivity contribution in [2.24, 2.45) is 0 Å². The molecule has 0 amide bonds. The van der Waals surface area contributed by atoms with Crippen molar-refractivity contribution in [2.75, 3.05) is 4.90 Å². The lowest BCUT2D eigenvalue weighted by Gasteiger charge is -2.28. The molecule has 6 aromatic carbocycles. The lowest BCUT2D eigenvalue weighted by molar-refractivity contribution is 0.660. The Morgan fingerprint density at radius 1 is 0.478 bits per heavy atom. The normalized spacial score (nSPS) is 14.3. The molecule has 0 aromatic heterocycles. The third kappa shape index (κ3) is 4.99. The van der Waals surface area contributed by atoms with Gasteiger partial charge < -0.3 is 4.90 Å². The average molecular weight is 592 g/mol. The van der Waals surface area contributed by atoms with Crippen LogP contribution in [0.4, 0.5) is 17.1 Å². The number of nitrogens with zero attached hydrogens (tertiary/aromatic N) is 1. The molecule has 0 atom stereocenters. The minimum absolute atomic E-state index is 0.126. The minimum atomic E-state index is -0.126. The maximum absolute atomic E-state index is 2.42. The van der Waals surface area contributed by atoms with Crippen molar-refractivity contribution in [3.05, 3.63) is 181 Å². The van der Waals surface area contributed by atoms with E-state index in [1.165, 1.54) is 61.3 Å². The number of benzene rings is 6. The standard InChI is InChI=1S/C45H37N/c1-45(2)43-30-37(34-16-10-5-11-17-34)22-28-41(43)42-29-27-40(31-44(42)45)46(38-23-18-35(19-24-38)32-12-6-3-7-13-32)39-25-20-36(21-26-39)33-14-8-4-9-15-33/h3-8,10-14,16-31H,9,15H2,1-2H3. The Bertz CT molecular complexity index is 2080. The SMILES string of the molecule is CC1(C)c2cc(-c3ccccc3)ccc2-c2ccc(N(c3ccc(C4=CC=CCC4)cc3)c3ccc(-c4ccccc4)cc3)cc21. The molecule has 2 aliphatic carbocycles. The molecule has 1 heteroatoms. The first-order valence-corrected chi connectivity index (χ1v) is 16.3. The maximum Gasteiger partial charge on any atom is 0.0465 e. The number of hydrogen-bond donors (Lipinski definition) is 0. The first-order chi connectivity index (χ1) is 22.6. The number of rotatable bonds is 6. The van der Waals surface area contributed by atoms with Gasteiger partial charge in [-0.3, -0.25) is 0 Å². The Labute approximate surface area is 272 Å². The van der Waals surface area contributed by atoms with Crippen molar-refractivity contribution < 1.29 is 0 Å². The van der Waals surface area contributed by atoms with Crippen LogP contribution in [-0.2, 0) is 5.41 Å². The van der Waals surface area contributed by atoms with Gasteiger partial charge in [0.05, 0.1) is 0 Å². The number of fused-ring (bicyclic) bond motifs is 3. The molecule has 0 saturated heterocycles. The van der Waals surface area contributed by atoms with Gasteiger partial charge in [-0.05, 0) is 111 Å². The van der Waals surface area contributed by atoms with E-state index >= 15 is 0 Å². The lowest BCUT2D eigenvalue weighted by Crippen LogP contribution is -2.16. The van der Waals surface area contributed by atoms with Crippen LogP contribution in [0.2, 0.25) is 0 Å². The summed E-state index contributed by atoms with van der Waals surface area (Å²) in [5, 5.41) is 0. The molecule has 0 bridgehead atoms. The zero-order chi connectivity index (χ0) is 31.1. The van der Waals surface area contributed by atoms with E-state index in [0.29, 0.717) is 0 Å². The van der Waals surface area contributed by atoms with Gasteiger partial charge in [0.1, 0.15) is 0 Å². The summed E-state index contributed by atoms with van der Waals surface area (Å²) in [5.74, 6) is 0. The number of allylic oxidation sites excluding steroid dienone is 4. The molecule has 0 heterocycles. The molecule has 0 unspecified atom stereocenters. The molecule has 0 spiro atoms. The summed E-state index contributed by atoms with van der Waals surface area (Å²) in [4.78, 5) is 2.41. The molecule has 0 aliphatic heterocycles. The van der Waals surface area contributed by atoms with Crippen molar-refractivity contribution in [3.63, 3.8) is 0 Å². The first kappa shape index (κ1) is 28.1. The van der Waals surface area contributed by atoms with Gasteiger partial charge in [0.2, 0.25) is 0 Å². The van der Waals surface area contributed by atoms with E-state index in [9.17, 15) is 0 Å². The van der Waals surface area contributed by atoms with E-state index < -0.39 is 0 Å². The molecule has 46 heavy (non-hydrogen) atoms. The minimum Gasteiger partial charge on any atom is -0.310 e. The number of hydrogen-bond acceptors (Lipinski definition) is 1. The fraction of sp³-hybridized carbons (Fsp3) is 0.111. The smallest absolute Gasteiger partial charge is 0.0465 e. The van der Waals surface area contributed by atoms with Crippen LogP contribution >= 0.6 is 0 Å². The molecule has 0 N–H and O–H groups in total. The Balaban J connectivity index is 1.21. The van der Waals surface area contributed by atoms with Crippen LogP contribution in [-0.4, -0.2) is 0 Å². The molecular weight excluding hydrogens is 555 g/mol. The second-order valence-corrected chi connectivity index (χ2v) is 12.9. The van der Waals surface area contributed by atoms with Gasteiger partial charge >= 0.3 is 0 Å². The molecule has 1 nitrogen and oxygen atoms in total. The molecule has 0 radical (unpaired) electrons.